The number of carbonyl (C=O) groups excluding carboxylic acids is 2. The highest BCUT2D eigenvalue weighted by molar-refractivity contribution is 5.94. The molecule has 0 saturated heterocycles. The molecule has 0 heterocycles. The van der Waals surface area contributed by atoms with Crippen molar-refractivity contribution in [1.82, 2.24) is 0 Å². The van der Waals surface area contributed by atoms with Crippen molar-refractivity contribution in [1.29, 1.82) is 0 Å². The van der Waals surface area contributed by atoms with Crippen molar-refractivity contribution < 1.29 is 28.9 Å². The van der Waals surface area contributed by atoms with E-state index in [-0.39, 0.29) is 24.6 Å². The molecule has 0 saturated carbocycles. The van der Waals surface area contributed by atoms with E-state index in [0.717, 1.165) is 0 Å². The predicted octanol–water partition coefficient (Wildman–Crippen LogP) is 2.72. The first-order chi connectivity index (χ1) is 11.6. The molecule has 0 radical (unpaired) electrons. The van der Waals surface area contributed by atoms with Crippen LogP contribution < -0.4 is 14.2 Å². The van der Waals surface area contributed by atoms with Gasteiger partial charge in [0.1, 0.15) is 22.8 Å². The summed E-state index contributed by atoms with van der Waals surface area (Å²) >= 11 is 0. The summed E-state index contributed by atoms with van der Waals surface area (Å²) in [5.74, 6) is 0.0826. The molecule has 2 aromatic carbocycles. The Morgan fingerprint density at radius 3 is 2.17 bits per heavy atom. The summed E-state index contributed by atoms with van der Waals surface area (Å²) < 4.78 is 15.5. The molecule has 0 aromatic heterocycles. The molecular weight excluding hydrogens is 312 g/mol. The summed E-state index contributed by atoms with van der Waals surface area (Å²) in [5, 5.41) is 9.12. The molecule has 0 amide bonds. The minimum Gasteiger partial charge on any atom is -0.496 e. The molecule has 2 aromatic rings. The first-order valence-corrected chi connectivity index (χ1v) is 7.38. The molecule has 0 aliphatic heterocycles. The van der Waals surface area contributed by atoms with Crippen LogP contribution in [0.2, 0.25) is 0 Å². The van der Waals surface area contributed by atoms with E-state index >= 15 is 0 Å². The van der Waals surface area contributed by atoms with Crippen LogP contribution in [0.1, 0.15) is 29.3 Å². The van der Waals surface area contributed by atoms with Crippen LogP contribution in [-0.2, 0) is 11.4 Å². The maximum absolute atomic E-state index is 12.3. The Balaban J connectivity index is 2.10. The number of rotatable bonds is 6. The number of hydrogen-bond donors (Lipinski definition) is 1. The van der Waals surface area contributed by atoms with Crippen molar-refractivity contribution in [3.63, 3.8) is 0 Å². The monoisotopic (exact) mass is 330 g/mol. The van der Waals surface area contributed by atoms with E-state index < -0.39 is 5.97 Å². The van der Waals surface area contributed by atoms with Gasteiger partial charge in [-0.3, -0.25) is 4.79 Å². The lowest BCUT2D eigenvalue weighted by atomic mass is 10.1. The fraction of sp³-hybridized carbons (Fsp3) is 0.222. The second-order valence-corrected chi connectivity index (χ2v) is 4.88. The predicted molar refractivity (Wildman–Crippen MR) is 86.2 cm³/mol. The highest BCUT2D eigenvalue weighted by Crippen LogP contribution is 2.24. The van der Waals surface area contributed by atoms with Crippen molar-refractivity contribution in [2.24, 2.45) is 0 Å². The van der Waals surface area contributed by atoms with Crippen molar-refractivity contribution in [3.8, 4) is 17.2 Å². The van der Waals surface area contributed by atoms with E-state index in [2.05, 4.69) is 0 Å². The summed E-state index contributed by atoms with van der Waals surface area (Å²) in [6.45, 7) is 1.55. The van der Waals surface area contributed by atoms with Crippen LogP contribution in [0.15, 0.2) is 42.5 Å². The first-order valence-electron chi connectivity index (χ1n) is 7.38. The summed E-state index contributed by atoms with van der Waals surface area (Å²) in [4.78, 5) is 23.5. The second kappa shape index (κ2) is 8.12. The minimum atomic E-state index is -0.588. The van der Waals surface area contributed by atoms with Crippen molar-refractivity contribution in [2.75, 3.05) is 7.11 Å². The zero-order chi connectivity index (χ0) is 17.5. The van der Waals surface area contributed by atoms with E-state index in [1.54, 1.807) is 31.2 Å². The third kappa shape index (κ3) is 4.33. The van der Waals surface area contributed by atoms with E-state index in [1.807, 2.05) is 0 Å². The molecule has 6 heteroatoms. The number of methoxy groups -OCH3 is 1. The molecule has 2 rings (SSSR count). The van der Waals surface area contributed by atoms with Gasteiger partial charge in [0.2, 0.25) is 0 Å². The third-order valence-electron chi connectivity index (χ3n) is 3.22. The zero-order valence-corrected chi connectivity index (χ0v) is 13.4. The Hall–Kier alpha value is -2.86. The molecule has 1 N–H and O–H groups in total. The normalized spacial score (nSPS) is 10.1. The maximum atomic E-state index is 12.3. The number of benzene rings is 2. The van der Waals surface area contributed by atoms with Crippen LogP contribution >= 0.6 is 0 Å². The molecule has 0 unspecified atom stereocenters. The van der Waals surface area contributed by atoms with Gasteiger partial charge < -0.3 is 19.3 Å². The van der Waals surface area contributed by atoms with Crippen LogP contribution in [0.25, 0.3) is 0 Å². The molecule has 0 atom stereocenters. The SMILES string of the molecule is CCC(=O)Oc1ccc(OC(=O)c2ccc(CO)cc2OC)cc1. The quantitative estimate of drug-likeness (QED) is 0.648. The van der Waals surface area contributed by atoms with Crippen LogP contribution in [0.3, 0.4) is 0 Å². The van der Waals surface area contributed by atoms with Crippen molar-refractivity contribution >= 4 is 11.9 Å². The fourth-order valence-corrected chi connectivity index (χ4v) is 1.94. The topological polar surface area (TPSA) is 82.1 Å². The van der Waals surface area contributed by atoms with E-state index in [9.17, 15) is 9.59 Å². The Bertz CT molecular complexity index is 721. The molecule has 0 aliphatic carbocycles. The van der Waals surface area contributed by atoms with Gasteiger partial charge in [-0.15, -0.1) is 0 Å². The van der Waals surface area contributed by atoms with Gasteiger partial charge in [0.25, 0.3) is 0 Å². The standard InChI is InChI=1S/C18H18O6/c1-3-17(20)23-13-5-7-14(8-6-13)24-18(21)15-9-4-12(11-19)10-16(15)22-2/h4-10,19H,3,11H2,1-2H3. The molecule has 0 spiro atoms. The lowest BCUT2D eigenvalue weighted by Gasteiger charge is -2.10. The fourth-order valence-electron chi connectivity index (χ4n) is 1.94. The van der Waals surface area contributed by atoms with Gasteiger partial charge >= 0.3 is 11.9 Å². The summed E-state index contributed by atoms with van der Waals surface area (Å²) in [6, 6.07) is 10.9. The van der Waals surface area contributed by atoms with Gasteiger partial charge in [-0.1, -0.05) is 13.0 Å². The average Bonchev–Trinajstić information content (AvgIpc) is 2.62. The molecule has 6 nitrogen and oxygen atoms in total. The molecule has 0 fully saturated rings. The molecule has 24 heavy (non-hydrogen) atoms. The summed E-state index contributed by atoms with van der Waals surface area (Å²) in [7, 11) is 1.43. The lowest BCUT2D eigenvalue weighted by Crippen LogP contribution is -2.10. The maximum Gasteiger partial charge on any atom is 0.347 e. The Labute approximate surface area is 139 Å². The lowest BCUT2D eigenvalue weighted by molar-refractivity contribution is -0.134. The first kappa shape index (κ1) is 17.5. The Morgan fingerprint density at radius 2 is 1.62 bits per heavy atom. The third-order valence-corrected chi connectivity index (χ3v) is 3.22. The Kier molecular flexibility index (Phi) is 5.92. The van der Waals surface area contributed by atoms with Crippen molar-refractivity contribution in [3.05, 3.63) is 53.6 Å². The Morgan fingerprint density at radius 1 is 1.00 bits per heavy atom. The van der Waals surface area contributed by atoms with E-state index in [0.29, 0.717) is 22.8 Å². The van der Waals surface area contributed by atoms with Gasteiger partial charge in [0.05, 0.1) is 13.7 Å². The van der Waals surface area contributed by atoms with Crippen LogP contribution in [0.5, 0.6) is 17.2 Å². The van der Waals surface area contributed by atoms with Crippen molar-refractivity contribution in [2.45, 2.75) is 20.0 Å². The van der Waals surface area contributed by atoms with Gasteiger partial charge in [-0.05, 0) is 42.0 Å². The highest BCUT2D eigenvalue weighted by Gasteiger charge is 2.15. The second-order valence-electron chi connectivity index (χ2n) is 4.88. The zero-order valence-electron chi connectivity index (χ0n) is 13.4. The van der Waals surface area contributed by atoms with Gasteiger partial charge in [-0.25, -0.2) is 4.79 Å². The summed E-state index contributed by atoms with van der Waals surface area (Å²) in [6.07, 6.45) is 0.278. The van der Waals surface area contributed by atoms with Crippen LogP contribution in [-0.4, -0.2) is 24.2 Å². The van der Waals surface area contributed by atoms with E-state index in [4.69, 9.17) is 19.3 Å². The van der Waals surface area contributed by atoms with Gasteiger partial charge in [0.15, 0.2) is 0 Å². The smallest absolute Gasteiger partial charge is 0.347 e. The highest BCUT2D eigenvalue weighted by atomic mass is 16.5. The van der Waals surface area contributed by atoms with Crippen LogP contribution in [0, 0.1) is 0 Å². The molecular formula is C18H18O6. The molecule has 126 valence electrons. The minimum absolute atomic E-state index is 0.149. The number of carbonyl (C=O) groups is 2. The summed E-state index contributed by atoms with van der Waals surface area (Å²) in [5.41, 5.74) is 0.877. The van der Waals surface area contributed by atoms with Crippen LogP contribution in [0.4, 0.5) is 0 Å². The number of ether oxygens (including phenoxy) is 3. The largest absolute Gasteiger partial charge is 0.496 e. The van der Waals surface area contributed by atoms with Gasteiger partial charge in [0, 0.05) is 6.42 Å². The number of hydrogen-bond acceptors (Lipinski definition) is 6. The number of aliphatic hydroxyl groups excluding tert-OH is 1. The molecule has 0 aliphatic rings. The number of esters is 2. The van der Waals surface area contributed by atoms with E-state index in [1.165, 1.54) is 25.3 Å². The average molecular weight is 330 g/mol. The molecule has 0 bridgehead atoms. The van der Waals surface area contributed by atoms with Gasteiger partial charge in [-0.2, -0.15) is 0 Å². The number of aliphatic hydroxyl groups is 1.